The molecule has 8 heteroatoms. The predicted molar refractivity (Wildman–Crippen MR) is 92.3 cm³/mol. The van der Waals surface area contributed by atoms with Crippen LogP contribution in [-0.4, -0.2) is 58.1 Å². The van der Waals surface area contributed by atoms with Gasteiger partial charge in [-0.3, -0.25) is 24.3 Å². The van der Waals surface area contributed by atoms with Crippen LogP contribution < -0.4 is 11.1 Å². The summed E-state index contributed by atoms with van der Waals surface area (Å²) in [7, 11) is 3.29. The van der Waals surface area contributed by atoms with Crippen LogP contribution in [0.2, 0.25) is 0 Å². The van der Waals surface area contributed by atoms with E-state index in [-0.39, 0.29) is 29.1 Å². The van der Waals surface area contributed by atoms with E-state index in [0.29, 0.717) is 13.0 Å². The molecule has 2 aromatic rings. The first-order valence-electron chi connectivity index (χ1n) is 8.12. The Balaban J connectivity index is 1.90. The van der Waals surface area contributed by atoms with Crippen molar-refractivity contribution in [1.82, 2.24) is 19.6 Å². The first kappa shape index (κ1) is 16.9. The van der Waals surface area contributed by atoms with Gasteiger partial charge in [0.05, 0.1) is 10.8 Å². The van der Waals surface area contributed by atoms with Gasteiger partial charge in [0, 0.05) is 20.6 Å². The molecule has 25 heavy (non-hydrogen) atoms. The summed E-state index contributed by atoms with van der Waals surface area (Å²) >= 11 is 0. The van der Waals surface area contributed by atoms with E-state index in [1.807, 2.05) is 0 Å². The number of hydrogen-bond donors (Lipinski definition) is 1. The van der Waals surface area contributed by atoms with Gasteiger partial charge >= 0.3 is 0 Å². The van der Waals surface area contributed by atoms with Crippen LogP contribution in [0.4, 0.5) is 0 Å². The van der Waals surface area contributed by atoms with Crippen LogP contribution >= 0.6 is 0 Å². The summed E-state index contributed by atoms with van der Waals surface area (Å²) in [6.07, 6.45) is 1.34. The number of rotatable bonds is 3. The van der Waals surface area contributed by atoms with Gasteiger partial charge in [-0.25, -0.2) is 4.68 Å². The Bertz CT molecular complexity index is 944. The molecule has 1 aliphatic heterocycles. The molecule has 1 aromatic heterocycles. The minimum atomic E-state index is -0.509. The lowest BCUT2D eigenvalue weighted by Crippen LogP contribution is -2.47. The van der Waals surface area contributed by atoms with Crippen LogP contribution in [0, 0.1) is 0 Å². The molecular weight excluding hydrogens is 324 g/mol. The maximum Gasteiger partial charge on any atom is 0.273 e. The second kappa shape index (κ2) is 6.54. The largest absolute Gasteiger partial charge is 0.347 e. The molecule has 0 radical (unpaired) electrons. The highest BCUT2D eigenvalue weighted by atomic mass is 16.2. The Kier molecular flexibility index (Phi) is 4.43. The van der Waals surface area contributed by atoms with E-state index < -0.39 is 17.2 Å². The standard InChI is InChI=1S/C17H20N4O4/c1-19(2)17(25)13-8-5-9-20(13)14(22)10-21-16(24)12-7-4-3-6-11(12)15(23)18-21/h3-4,6-7,13H,5,8-10H2,1-2H3,(H,18,23). The van der Waals surface area contributed by atoms with Crippen LogP contribution in [0.15, 0.2) is 33.9 Å². The third kappa shape index (κ3) is 3.07. The minimum absolute atomic E-state index is 0.134. The average Bonchev–Trinajstić information content (AvgIpc) is 3.08. The number of benzene rings is 1. The molecule has 0 bridgehead atoms. The SMILES string of the molecule is CN(C)C(=O)C1CCCN1C(=O)Cn1[nH]c(=O)c2ccccc2c1=O. The molecule has 0 saturated carbocycles. The lowest BCUT2D eigenvalue weighted by atomic mass is 10.2. The van der Waals surface area contributed by atoms with Gasteiger partial charge in [0.15, 0.2) is 0 Å². The molecule has 8 nitrogen and oxygen atoms in total. The summed E-state index contributed by atoms with van der Waals surface area (Å²) < 4.78 is 1.02. The van der Waals surface area contributed by atoms with Crippen molar-refractivity contribution in [2.24, 2.45) is 0 Å². The summed E-state index contributed by atoms with van der Waals surface area (Å²) in [6.45, 7) is 0.172. The van der Waals surface area contributed by atoms with Gasteiger partial charge in [-0.15, -0.1) is 0 Å². The number of aromatic amines is 1. The first-order chi connectivity index (χ1) is 11.9. The maximum absolute atomic E-state index is 12.6. The number of H-pyrrole nitrogens is 1. The molecule has 1 fully saturated rings. The molecule has 2 amide bonds. The van der Waals surface area contributed by atoms with E-state index in [1.54, 1.807) is 38.4 Å². The molecular formula is C17H20N4O4. The van der Waals surface area contributed by atoms with E-state index in [4.69, 9.17) is 0 Å². The molecule has 0 aliphatic carbocycles. The fourth-order valence-corrected chi connectivity index (χ4v) is 3.20. The minimum Gasteiger partial charge on any atom is -0.347 e. The van der Waals surface area contributed by atoms with Crippen molar-refractivity contribution in [2.45, 2.75) is 25.4 Å². The highest BCUT2D eigenvalue weighted by Crippen LogP contribution is 2.19. The average molecular weight is 344 g/mol. The Morgan fingerprint density at radius 1 is 1.20 bits per heavy atom. The van der Waals surface area contributed by atoms with E-state index in [0.717, 1.165) is 11.1 Å². The zero-order valence-electron chi connectivity index (χ0n) is 14.2. The molecule has 132 valence electrons. The molecule has 1 unspecified atom stereocenters. The van der Waals surface area contributed by atoms with Crippen LogP contribution in [0.25, 0.3) is 10.8 Å². The molecule has 3 rings (SSSR count). The summed E-state index contributed by atoms with van der Waals surface area (Å²) in [6, 6.07) is 5.96. The van der Waals surface area contributed by atoms with E-state index in [1.165, 1.54) is 9.80 Å². The molecule has 1 saturated heterocycles. The van der Waals surface area contributed by atoms with Crippen LogP contribution in [0.3, 0.4) is 0 Å². The molecule has 2 heterocycles. The number of aromatic nitrogens is 2. The fourth-order valence-electron chi connectivity index (χ4n) is 3.20. The Morgan fingerprint density at radius 3 is 2.56 bits per heavy atom. The zero-order chi connectivity index (χ0) is 18.1. The third-order valence-electron chi connectivity index (χ3n) is 4.48. The van der Waals surface area contributed by atoms with E-state index >= 15 is 0 Å². The third-order valence-corrected chi connectivity index (χ3v) is 4.48. The lowest BCUT2D eigenvalue weighted by molar-refractivity contribution is -0.142. The van der Waals surface area contributed by atoms with Crippen molar-refractivity contribution in [3.05, 3.63) is 45.0 Å². The fraction of sp³-hybridized carbons (Fsp3) is 0.412. The van der Waals surface area contributed by atoms with E-state index in [2.05, 4.69) is 5.10 Å². The number of carbonyl (C=O) groups excluding carboxylic acids is 2. The normalized spacial score (nSPS) is 17.0. The molecule has 1 aliphatic rings. The van der Waals surface area contributed by atoms with Gasteiger partial charge in [-0.2, -0.15) is 0 Å². The molecule has 1 aromatic carbocycles. The van der Waals surface area contributed by atoms with Gasteiger partial charge in [-0.05, 0) is 25.0 Å². The summed E-state index contributed by atoms with van der Waals surface area (Å²) in [5, 5.41) is 3.00. The predicted octanol–water partition coefficient (Wildman–Crippen LogP) is -0.231. The van der Waals surface area contributed by atoms with Crippen LogP contribution in [0.1, 0.15) is 12.8 Å². The topological polar surface area (TPSA) is 95.5 Å². The second-order valence-corrected chi connectivity index (χ2v) is 6.36. The molecule has 0 spiro atoms. The second-order valence-electron chi connectivity index (χ2n) is 6.36. The Labute approximate surface area is 143 Å². The van der Waals surface area contributed by atoms with Crippen molar-refractivity contribution >= 4 is 22.6 Å². The number of amides is 2. The van der Waals surface area contributed by atoms with Crippen molar-refractivity contribution in [3.63, 3.8) is 0 Å². The molecule has 1 atom stereocenters. The summed E-state index contributed by atoms with van der Waals surface area (Å²) in [4.78, 5) is 52.4. The first-order valence-corrected chi connectivity index (χ1v) is 8.12. The number of nitrogens with one attached hydrogen (secondary N) is 1. The summed E-state index contributed by atoms with van der Waals surface area (Å²) in [5.74, 6) is -0.490. The monoisotopic (exact) mass is 344 g/mol. The van der Waals surface area contributed by atoms with Crippen LogP contribution in [0.5, 0.6) is 0 Å². The number of likely N-dealkylation sites (tertiary alicyclic amines) is 1. The Hall–Kier alpha value is -2.90. The van der Waals surface area contributed by atoms with E-state index in [9.17, 15) is 19.2 Å². The number of carbonyl (C=O) groups is 2. The summed E-state index contributed by atoms with van der Waals surface area (Å²) in [5.41, 5.74) is -0.858. The van der Waals surface area contributed by atoms with Gasteiger partial charge in [0.1, 0.15) is 12.6 Å². The van der Waals surface area contributed by atoms with Crippen molar-refractivity contribution < 1.29 is 9.59 Å². The highest BCUT2D eigenvalue weighted by Gasteiger charge is 2.35. The smallest absolute Gasteiger partial charge is 0.273 e. The highest BCUT2D eigenvalue weighted by molar-refractivity contribution is 5.88. The van der Waals surface area contributed by atoms with Crippen molar-refractivity contribution in [3.8, 4) is 0 Å². The lowest BCUT2D eigenvalue weighted by Gasteiger charge is -2.26. The maximum atomic E-state index is 12.6. The zero-order valence-corrected chi connectivity index (χ0v) is 14.2. The van der Waals surface area contributed by atoms with Gasteiger partial charge in [-0.1, -0.05) is 12.1 Å². The van der Waals surface area contributed by atoms with Gasteiger partial charge in [0.2, 0.25) is 11.8 Å². The Morgan fingerprint density at radius 2 is 1.88 bits per heavy atom. The van der Waals surface area contributed by atoms with Gasteiger partial charge < -0.3 is 9.80 Å². The number of fused-ring (bicyclic) bond motifs is 1. The number of nitrogens with zero attached hydrogens (tertiary/aromatic N) is 3. The quantitative estimate of drug-likeness (QED) is 0.832. The van der Waals surface area contributed by atoms with Crippen molar-refractivity contribution in [2.75, 3.05) is 20.6 Å². The number of hydrogen-bond acceptors (Lipinski definition) is 4. The number of likely N-dealkylation sites (N-methyl/N-ethyl adjacent to an activating group) is 1. The molecule has 1 N–H and O–H groups in total. The van der Waals surface area contributed by atoms with Crippen molar-refractivity contribution in [1.29, 1.82) is 0 Å². The van der Waals surface area contributed by atoms with Gasteiger partial charge in [0.25, 0.3) is 11.1 Å². The van der Waals surface area contributed by atoms with Crippen LogP contribution in [-0.2, 0) is 16.1 Å².